The van der Waals surface area contributed by atoms with E-state index in [0.29, 0.717) is 26.5 Å². The summed E-state index contributed by atoms with van der Waals surface area (Å²) in [6, 6.07) is 11.1. The second-order valence-electron chi connectivity index (χ2n) is 3.92. The van der Waals surface area contributed by atoms with Gasteiger partial charge in [-0.25, -0.2) is 8.42 Å². The smallest absolute Gasteiger partial charge is 0.263 e. The molecule has 0 amide bonds. The molecule has 0 bridgehead atoms. The van der Waals surface area contributed by atoms with E-state index >= 15 is 0 Å². The van der Waals surface area contributed by atoms with Crippen molar-refractivity contribution >= 4 is 53.9 Å². The molecule has 0 aliphatic rings. The maximum absolute atomic E-state index is 12.3. The summed E-state index contributed by atoms with van der Waals surface area (Å²) >= 11 is 6.45. The van der Waals surface area contributed by atoms with Gasteiger partial charge in [-0.2, -0.15) is 0 Å². The summed E-state index contributed by atoms with van der Waals surface area (Å²) in [7, 11) is -3.73. The number of sulfonamides is 1. The van der Waals surface area contributed by atoms with E-state index in [1.165, 1.54) is 12.1 Å². The topological polar surface area (TPSA) is 63.2 Å². The summed E-state index contributed by atoms with van der Waals surface area (Å²) in [4.78, 5) is 10.8. The van der Waals surface area contributed by atoms with Crippen LogP contribution in [0.2, 0.25) is 0 Å². The fourth-order valence-electron chi connectivity index (χ4n) is 1.57. The second kappa shape index (κ2) is 6.07. The van der Waals surface area contributed by atoms with Gasteiger partial charge in [0.05, 0.1) is 0 Å². The summed E-state index contributed by atoms with van der Waals surface area (Å²) in [6.07, 6.45) is 0.660. The third kappa shape index (κ3) is 3.47. The van der Waals surface area contributed by atoms with Crippen LogP contribution in [0.3, 0.4) is 0 Å². The maximum Gasteiger partial charge on any atom is 0.263 e. The van der Waals surface area contributed by atoms with Crippen molar-refractivity contribution < 1.29 is 13.2 Å². The molecule has 2 aromatic carbocycles. The van der Waals surface area contributed by atoms with E-state index in [2.05, 4.69) is 36.6 Å². The van der Waals surface area contributed by atoms with Gasteiger partial charge in [0.2, 0.25) is 0 Å². The summed E-state index contributed by atoms with van der Waals surface area (Å²) < 4.78 is 28.2. The molecule has 0 aliphatic carbocycles. The standard InChI is InChI=1S/C13H9Br2NO3S/c14-10-4-5-12(15)13(7-10)20(18,19)16-11-3-1-2-9(6-11)8-17/h1-8,16H. The molecule has 0 unspecified atom stereocenters. The van der Waals surface area contributed by atoms with Crippen LogP contribution in [0.25, 0.3) is 0 Å². The van der Waals surface area contributed by atoms with Crippen LogP contribution in [-0.4, -0.2) is 14.7 Å². The number of aldehydes is 1. The van der Waals surface area contributed by atoms with E-state index in [1.54, 1.807) is 30.3 Å². The molecule has 7 heteroatoms. The van der Waals surface area contributed by atoms with Crippen LogP contribution in [0.5, 0.6) is 0 Å². The molecule has 0 spiro atoms. The van der Waals surface area contributed by atoms with Crippen molar-refractivity contribution in [3.8, 4) is 0 Å². The molecule has 0 fully saturated rings. The number of carbonyl (C=O) groups excluding carboxylic acids is 1. The highest BCUT2D eigenvalue weighted by Crippen LogP contribution is 2.27. The fraction of sp³-hybridized carbons (Fsp3) is 0. The number of benzene rings is 2. The lowest BCUT2D eigenvalue weighted by molar-refractivity contribution is 0.112. The lowest BCUT2D eigenvalue weighted by atomic mass is 10.2. The molecule has 0 saturated heterocycles. The zero-order valence-corrected chi connectivity index (χ0v) is 14.0. The predicted molar refractivity (Wildman–Crippen MR) is 84.5 cm³/mol. The Balaban J connectivity index is 2.40. The van der Waals surface area contributed by atoms with E-state index in [9.17, 15) is 13.2 Å². The zero-order chi connectivity index (χ0) is 14.8. The van der Waals surface area contributed by atoms with E-state index in [0.717, 1.165) is 0 Å². The molecular formula is C13H9Br2NO3S. The number of halogens is 2. The number of anilines is 1. The molecule has 0 atom stereocenters. The molecular weight excluding hydrogens is 410 g/mol. The van der Waals surface area contributed by atoms with Crippen LogP contribution in [0, 0.1) is 0 Å². The van der Waals surface area contributed by atoms with Crippen molar-refractivity contribution in [2.24, 2.45) is 0 Å². The Morgan fingerprint density at radius 3 is 2.50 bits per heavy atom. The average molecular weight is 419 g/mol. The van der Waals surface area contributed by atoms with Crippen LogP contribution in [0.1, 0.15) is 10.4 Å². The van der Waals surface area contributed by atoms with Crippen molar-refractivity contribution in [3.63, 3.8) is 0 Å². The number of carbonyl (C=O) groups is 1. The van der Waals surface area contributed by atoms with Crippen molar-refractivity contribution in [2.45, 2.75) is 4.90 Å². The van der Waals surface area contributed by atoms with Crippen LogP contribution in [0.4, 0.5) is 5.69 Å². The van der Waals surface area contributed by atoms with Gasteiger partial charge < -0.3 is 0 Å². The second-order valence-corrected chi connectivity index (χ2v) is 7.34. The third-order valence-electron chi connectivity index (χ3n) is 2.46. The van der Waals surface area contributed by atoms with Crippen molar-refractivity contribution in [3.05, 3.63) is 57.0 Å². The van der Waals surface area contributed by atoms with E-state index < -0.39 is 10.0 Å². The summed E-state index contributed by atoms with van der Waals surface area (Å²) in [5.41, 5.74) is 0.736. The largest absolute Gasteiger partial charge is 0.298 e. The predicted octanol–water partition coefficient (Wildman–Crippen LogP) is 3.82. The number of hydrogen-bond acceptors (Lipinski definition) is 3. The van der Waals surface area contributed by atoms with Crippen LogP contribution >= 0.6 is 31.9 Å². The molecule has 0 saturated carbocycles. The third-order valence-corrected chi connectivity index (χ3v) is 5.33. The minimum atomic E-state index is -3.73. The normalized spacial score (nSPS) is 11.1. The number of hydrogen-bond donors (Lipinski definition) is 1. The SMILES string of the molecule is O=Cc1cccc(NS(=O)(=O)c2cc(Br)ccc2Br)c1. The summed E-state index contributed by atoms with van der Waals surface area (Å²) in [5.74, 6) is 0. The Bertz CT molecular complexity index is 760. The average Bonchev–Trinajstić information content (AvgIpc) is 2.41. The minimum Gasteiger partial charge on any atom is -0.298 e. The first kappa shape index (κ1) is 15.2. The maximum atomic E-state index is 12.3. The Morgan fingerprint density at radius 1 is 1.05 bits per heavy atom. The lowest BCUT2D eigenvalue weighted by Crippen LogP contribution is -2.13. The Kier molecular flexibility index (Phi) is 4.62. The van der Waals surface area contributed by atoms with Gasteiger partial charge >= 0.3 is 0 Å². The van der Waals surface area contributed by atoms with E-state index in [1.807, 2.05) is 0 Å². The van der Waals surface area contributed by atoms with Gasteiger partial charge in [-0.05, 0) is 46.3 Å². The van der Waals surface area contributed by atoms with Crippen molar-refractivity contribution in [2.75, 3.05) is 4.72 Å². The van der Waals surface area contributed by atoms with Gasteiger partial charge in [0.25, 0.3) is 10.0 Å². The molecule has 4 nitrogen and oxygen atoms in total. The highest BCUT2D eigenvalue weighted by molar-refractivity contribution is 9.11. The van der Waals surface area contributed by atoms with Gasteiger partial charge in [0, 0.05) is 20.2 Å². The van der Waals surface area contributed by atoms with Crippen LogP contribution in [-0.2, 0) is 10.0 Å². The highest BCUT2D eigenvalue weighted by atomic mass is 79.9. The monoisotopic (exact) mass is 417 g/mol. The summed E-state index contributed by atoms with van der Waals surface area (Å²) in [6.45, 7) is 0. The molecule has 0 heterocycles. The molecule has 1 N–H and O–H groups in total. The Hall–Kier alpha value is -1.18. The molecule has 2 aromatic rings. The minimum absolute atomic E-state index is 0.114. The van der Waals surface area contributed by atoms with Crippen LogP contribution in [0.15, 0.2) is 56.3 Å². The van der Waals surface area contributed by atoms with Crippen molar-refractivity contribution in [1.82, 2.24) is 0 Å². The molecule has 2 rings (SSSR count). The Morgan fingerprint density at radius 2 is 1.80 bits per heavy atom. The molecule has 0 aliphatic heterocycles. The van der Waals surface area contributed by atoms with Crippen LogP contribution < -0.4 is 4.72 Å². The molecule has 0 aromatic heterocycles. The van der Waals surface area contributed by atoms with Gasteiger partial charge in [-0.15, -0.1) is 0 Å². The quantitative estimate of drug-likeness (QED) is 0.767. The van der Waals surface area contributed by atoms with Gasteiger partial charge in [0.15, 0.2) is 0 Å². The van der Waals surface area contributed by atoms with Gasteiger partial charge in [-0.1, -0.05) is 28.1 Å². The first-order valence-electron chi connectivity index (χ1n) is 5.45. The number of rotatable bonds is 4. The lowest BCUT2D eigenvalue weighted by Gasteiger charge is -2.10. The van der Waals surface area contributed by atoms with E-state index in [-0.39, 0.29) is 4.90 Å². The first-order chi connectivity index (χ1) is 9.42. The molecule has 104 valence electrons. The highest BCUT2D eigenvalue weighted by Gasteiger charge is 2.18. The van der Waals surface area contributed by atoms with Gasteiger partial charge in [0.1, 0.15) is 11.2 Å². The first-order valence-corrected chi connectivity index (χ1v) is 8.52. The fourth-order valence-corrected chi connectivity index (χ4v) is 4.12. The summed E-state index contributed by atoms with van der Waals surface area (Å²) in [5, 5.41) is 0. The molecule has 0 radical (unpaired) electrons. The van der Waals surface area contributed by atoms with Crippen molar-refractivity contribution in [1.29, 1.82) is 0 Å². The Labute approximate surface area is 133 Å². The number of nitrogens with one attached hydrogen (secondary N) is 1. The van der Waals surface area contributed by atoms with Gasteiger partial charge in [-0.3, -0.25) is 9.52 Å². The zero-order valence-electron chi connectivity index (χ0n) is 10.0. The molecule has 20 heavy (non-hydrogen) atoms. The van der Waals surface area contributed by atoms with E-state index in [4.69, 9.17) is 0 Å².